The average Bonchev–Trinajstić information content (AvgIpc) is 3.24. The van der Waals surface area contributed by atoms with Crippen LogP contribution in [-0.2, 0) is 9.59 Å². The number of halogens is 2. The van der Waals surface area contributed by atoms with Gasteiger partial charge in [0, 0.05) is 32.1 Å². The highest BCUT2D eigenvalue weighted by atomic mass is 79.9. The number of hydrogen-bond acceptors (Lipinski definition) is 3. The number of nitrogens with one attached hydrogen (secondary N) is 4. The Morgan fingerprint density at radius 3 is 2.43 bits per heavy atom. The second-order valence-electron chi connectivity index (χ2n) is 5.17. The normalized spacial score (nSPS) is 13.7. The molecule has 0 bridgehead atoms. The molecule has 9 heteroatoms. The third-order valence-electron chi connectivity index (χ3n) is 3.38. The van der Waals surface area contributed by atoms with Gasteiger partial charge in [-0.15, -0.1) is 0 Å². The quantitative estimate of drug-likeness (QED) is 0.419. The molecule has 2 aromatic rings. The van der Waals surface area contributed by atoms with Crippen molar-refractivity contribution in [2.75, 3.05) is 0 Å². The Labute approximate surface area is 147 Å². The molecule has 1 aliphatic carbocycles. The minimum Gasteiger partial charge on any atom is -0.360 e. The molecule has 1 heterocycles. The fraction of sp³-hybridized carbons (Fsp3) is 0.214. The molecule has 4 N–H and O–H groups in total. The van der Waals surface area contributed by atoms with E-state index in [1.165, 1.54) is 6.20 Å². The molecule has 1 saturated carbocycles. The SMILES string of the molecule is O=C(NNC(=O)c1c[nH]c2cc(Br)c(Br)cc12)C(=O)NC1CC1. The van der Waals surface area contributed by atoms with E-state index < -0.39 is 17.7 Å². The molecule has 0 aliphatic heterocycles. The summed E-state index contributed by atoms with van der Waals surface area (Å²) in [6.07, 6.45) is 3.30. The number of hydrogen-bond donors (Lipinski definition) is 4. The van der Waals surface area contributed by atoms with Gasteiger partial charge >= 0.3 is 11.8 Å². The summed E-state index contributed by atoms with van der Waals surface area (Å²) in [4.78, 5) is 38.2. The molecule has 23 heavy (non-hydrogen) atoms. The van der Waals surface area contributed by atoms with Crippen molar-refractivity contribution in [2.24, 2.45) is 0 Å². The maximum Gasteiger partial charge on any atom is 0.327 e. The smallest absolute Gasteiger partial charge is 0.327 e. The molecule has 1 aromatic carbocycles. The van der Waals surface area contributed by atoms with Gasteiger partial charge in [0.1, 0.15) is 0 Å². The van der Waals surface area contributed by atoms with E-state index in [0.29, 0.717) is 10.9 Å². The van der Waals surface area contributed by atoms with Gasteiger partial charge in [0.2, 0.25) is 0 Å². The van der Waals surface area contributed by atoms with Crippen LogP contribution in [0, 0.1) is 0 Å². The lowest BCUT2D eigenvalue weighted by Gasteiger charge is -2.07. The van der Waals surface area contributed by atoms with Gasteiger partial charge in [-0.2, -0.15) is 0 Å². The largest absolute Gasteiger partial charge is 0.360 e. The zero-order valence-corrected chi connectivity index (χ0v) is 14.9. The summed E-state index contributed by atoms with van der Waals surface area (Å²) in [5.41, 5.74) is 5.47. The minimum atomic E-state index is -0.894. The van der Waals surface area contributed by atoms with Crippen molar-refractivity contribution >= 4 is 60.5 Å². The molecule has 1 aromatic heterocycles. The Balaban J connectivity index is 1.67. The van der Waals surface area contributed by atoms with Crippen LogP contribution in [0.15, 0.2) is 27.3 Å². The van der Waals surface area contributed by atoms with Crippen LogP contribution in [0.2, 0.25) is 0 Å². The molecular weight excluding hydrogens is 432 g/mol. The first-order valence-corrected chi connectivity index (χ1v) is 8.41. The zero-order chi connectivity index (χ0) is 16.6. The van der Waals surface area contributed by atoms with E-state index in [9.17, 15) is 14.4 Å². The molecule has 120 valence electrons. The number of carbonyl (C=O) groups excluding carboxylic acids is 3. The fourth-order valence-corrected chi connectivity index (χ4v) is 2.71. The van der Waals surface area contributed by atoms with E-state index in [2.05, 4.69) is 53.0 Å². The Morgan fingerprint density at radius 1 is 1.04 bits per heavy atom. The summed E-state index contributed by atoms with van der Waals surface area (Å²) in [5, 5.41) is 3.22. The highest BCUT2D eigenvalue weighted by Gasteiger charge is 2.26. The summed E-state index contributed by atoms with van der Waals surface area (Å²) in [7, 11) is 0. The van der Waals surface area contributed by atoms with E-state index in [1.54, 1.807) is 6.07 Å². The van der Waals surface area contributed by atoms with Crippen molar-refractivity contribution in [1.82, 2.24) is 21.2 Å². The number of carbonyl (C=O) groups is 3. The van der Waals surface area contributed by atoms with Gasteiger partial charge in [-0.1, -0.05) is 0 Å². The predicted molar refractivity (Wildman–Crippen MR) is 90.5 cm³/mol. The number of amides is 3. The lowest BCUT2D eigenvalue weighted by molar-refractivity contribution is -0.139. The first-order valence-electron chi connectivity index (χ1n) is 6.83. The summed E-state index contributed by atoms with van der Waals surface area (Å²) in [5.74, 6) is -2.16. The second-order valence-corrected chi connectivity index (χ2v) is 6.88. The standard InChI is InChI=1S/C14H12Br2N4O3/c15-9-3-7-8(5-17-11(7)4-10(9)16)12(21)19-20-14(23)13(22)18-6-1-2-6/h3-6,17H,1-2H2,(H,18,22)(H,19,21)(H,20,23). The first-order chi connectivity index (χ1) is 11.0. The second kappa shape index (κ2) is 6.32. The van der Waals surface area contributed by atoms with E-state index in [4.69, 9.17) is 0 Å². The van der Waals surface area contributed by atoms with Gasteiger partial charge in [-0.05, 0) is 56.8 Å². The topological polar surface area (TPSA) is 103 Å². The van der Waals surface area contributed by atoms with Crippen LogP contribution < -0.4 is 16.2 Å². The third kappa shape index (κ3) is 3.56. The predicted octanol–water partition coefficient (Wildman–Crippen LogP) is 1.73. The number of aromatic nitrogens is 1. The molecule has 0 saturated heterocycles. The molecule has 3 amide bonds. The van der Waals surface area contributed by atoms with E-state index >= 15 is 0 Å². The lowest BCUT2D eigenvalue weighted by atomic mass is 10.2. The number of benzene rings is 1. The monoisotopic (exact) mass is 442 g/mol. The highest BCUT2D eigenvalue weighted by Crippen LogP contribution is 2.29. The Kier molecular flexibility index (Phi) is 4.40. The number of rotatable bonds is 2. The Morgan fingerprint density at radius 2 is 1.74 bits per heavy atom. The van der Waals surface area contributed by atoms with Crippen molar-refractivity contribution in [1.29, 1.82) is 0 Å². The zero-order valence-electron chi connectivity index (χ0n) is 11.7. The van der Waals surface area contributed by atoms with Crippen LogP contribution >= 0.6 is 31.9 Å². The maximum atomic E-state index is 12.2. The van der Waals surface area contributed by atoms with Crippen LogP contribution in [-0.4, -0.2) is 28.7 Å². The lowest BCUT2D eigenvalue weighted by Crippen LogP contribution is -2.48. The van der Waals surface area contributed by atoms with Crippen molar-refractivity contribution < 1.29 is 14.4 Å². The van der Waals surface area contributed by atoms with Gasteiger partial charge in [0.15, 0.2) is 0 Å². The van der Waals surface area contributed by atoms with Gasteiger partial charge < -0.3 is 10.3 Å². The number of aromatic amines is 1. The molecule has 0 atom stereocenters. The summed E-state index contributed by atoms with van der Waals surface area (Å²) >= 11 is 6.76. The van der Waals surface area contributed by atoms with Crippen molar-refractivity contribution in [3.8, 4) is 0 Å². The number of fused-ring (bicyclic) bond motifs is 1. The van der Waals surface area contributed by atoms with Gasteiger partial charge in [-0.3, -0.25) is 25.2 Å². The van der Waals surface area contributed by atoms with Gasteiger partial charge in [0.25, 0.3) is 5.91 Å². The average molecular weight is 444 g/mol. The molecular formula is C14H12Br2N4O3. The maximum absolute atomic E-state index is 12.2. The Hall–Kier alpha value is -1.87. The van der Waals surface area contributed by atoms with Crippen LogP contribution in [0.25, 0.3) is 10.9 Å². The molecule has 0 unspecified atom stereocenters. The van der Waals surface area contributed by atoms with E-state index in [-0.39, 0.29) is 6.04 Å². The van der Waals surface area contributed by atoms with Crippen molar-refractivity contribution in [2.45, 2.75) is 18.9 Å². The molecule has 0 radical (unpaired) electrons. The minimum absolute atomic E-state index is 0.0772. The van der Waals surface area contributed by atoms with Crippen molar-refractivity contribution in [3.05, 3.63) is 32.8 Å². The van der Waals surface area contributed by atoms with Gasteiger partial charge in [-0.25, -0.2) is 0 Å². The van der Waals surface area contributed by atoms with Crippen LogP contribution in [0.4, 0.5) is 0 Å². The van der Waals surface area contributed by atoms with Crippen LogP contribution in [0.5, 0.6) is 0 Å². The molecule has 1 fully saturated rings. The van der Waals surface area contributed by atoms with Crippen molar-refractivity contribution in [3.63, 3.8) is 0 Å². The summed E-state index contributed by atoms with van der Waals surface area (Å²) in [6, 6.07) is 3.69. The van der Waals surface area contributed by atoms with E-state index in [0.717, 1.165) is 27.3 Å². The van der Waals surface area contributed by atoms with Crippen LogP contribution in [0.1, 0.15) is 23.2 Å². The number of hydrazine groups is 1. The Bertz CT molecular complexity index is 814. The van der Waals surface area contributed by atoms with Crippen LogP contribution in [0.3, 0.4) is 0 Å². The van der Waals surface area contributed by atoms with E-state index in [1.807, 2.05) is 6.07 Å². The molecule has 7 nitrogen and oxygen atoms in total. The molecule has 3 rings (SSSR count). The third-order valence-corrected chi connectivity index (χ3v) is 5.22. The summed E-state index contributed by atoms with van der Waals surface area (Å²) < 4.78 is 1.65. The molecule has 0 spiro atoms. The van der Waals surface area contributed by atoms with Gasteiger partial charge in [0.05, 0.1) is 5.56 Å². The summed E-state index contributed by atoms with van der Waals surface area (Å²) in [6.45, 7) is 0. The highest BCUT2D eigenvalue weighted by molar-refractivity contribution is 9.13. The first kappa shape index (κ1) is 16.0. The molecule has 1 aliphatic rings. The fourth-order valence-electron chi connectivity index (χ4n) is 2.02. The number of H-pyrrole nitrogens is 1.